The average Bonchev–Trinajstić information content (AvgIpc) is 2.75. The molecule has 5 heteroatoms. The molecular weight excluding hydrogens is 260 g/mol. The van der Waals surface area contributed by atoms with Crippen LogP contribution < -0.4 is 5.32 Å². The number of amides is 2. The SMILES string of the molecule is C/C=C/C=C\C(=O)N1CSC[C@@H]1C(=O)NC(C)(C)C. The van der Waals surface area contributed by atoms with Crippen molar-refractivity contribution in [1.29, 1.82) is 0 Å². The zero-order chi connectivity index (χ0) is 14.5. The fourth-order valence-electron chi connectivity index (χ4n) is 1.67. The van der Waals surface area contributed by atoms with Gasteiger partial charge in [0.2, 0.25) is 11.8 Å². The van der Waals surface area contributed by atoms with E-state index in [1.54, 1.807) is 28.8 Å². The summed E-state index contributed by atoms with van der Waals surface area (Å²) in [5.41, 5.74) is -0.278. The van der Waals surface area contributed by atoms with E-state index < -0.39 is 0 Å². The maximum absolute atomic E-state index is 12.1. The van der Waals surface area contributed by atoms with Gasteiger partial charge in [-0.25, -0.2) is 0 Å². The van der Waals surface area contributed by atoms with Gasteiger partial charge in [0.15, 0.2) is 0 Å². The van der Waals surface area contributed by atoms with Gasteiger partial charge in [0.1, 0.15) is 6.04 Å². The monoisotopic (exact) mass is 282 g/mol. The molecule has 19 heavy (non-hydrogen) atoms. The van der Waals surface area contributed by atoms with Crippen molar-refractivity contribution < 1.29 is 9.59 Å². The zero-order valence-corrected chi connectivity index (χ0v) is 12.8. The molecule has 106 valence electrons. The van der Waals surface area contributed by atoms with Crippen molar-refractivity contribution in [3.8, 4) is 0 Å². The molecule has 2 amide bonds. The fraction of sp³-hybridized carbons (Fsp3) is 0.571. The minimum absolute atomic E-state index is 0.0784. The molecule has 4 nitrogen and oxygen atoms in total. The predicted molar refractivity (Wildman–Crippen MR) is 79.8 cm³/mol. The third-order valence-electron chi connectivity index (χ3n) is 2.51. The van der Waals surface area contributed by atoms with E-state index in [0.29, 0.717) is 11.6 Å². The number of thioether (sulfide) groups is 1. The molecule has 0 unspecified atom stereocenters. The number of allylic oxidation sites excluding steroid dienone is 3. The molecule has 1 fully saturated rings. The Morgan fingerprint density at radius 2 is 2.00 bits per heavy atom. The second kappa shape index (κ2) is 6.80. The molecule has 1 N–H and O–H groups in total. The second-order valence-corrected chi connectivity index (χ2v) is 6.45. The van der Waals surface area contributed by atoms with Crippen LogP contribution in [0.2, 0.25) is 0 Å². The molecule has 0 saturated carbocycles. The highest BCUT2D eigenvalue weighted by Gasteiger charge is 2.34. The molecule has 1 rings (SSSR count). The lowest BCUT2D eigenvalue weighted by atomic mass is 10.1. The van der Waals surface area contributed by atoms with Crippen LogP contribution in [-0.4, -0.2) is 39.9 Å². The zero-order valence-electron chi connectivity index (χ0n) is 12.0. The quantitative estimate of drug-likeness (QED) is 0.635. The predicted octanol–water partition coefficient (Wildman–Crippen LogP) is 1.93. The highest BCUT2D eigenvalue weighted by molar-refractivity contribution is 7.99. The Labute approximate surface area is 119 Å². The third kappa shape index (κ3) is 5.11. The number of nitrogens with zero attached hydrogens (tertiary/aromatic N) is 1. The van der Waals surface area contributed by atoms with Gasteiger partial charge in [-0.2, -0.15) is 0 Å². The molecule has 0 aliphatic carbocycles. The lowest BCUT2D eigenvalue weighted by molar-refractivity contribution is -0.135. The highest BCUT2D eigenvalue weighted by atomic mass is 32.2. The van der Waals surface area contributed by atoms with E-state index in [9.17, 15) is 9.59 Å². The molecule has 0 aromatic carbocycles. The van der Waals surface area contributed by atoms with Gasteiger partial charge in [0.25, 0.3) is 0 Å². The number of rotatable bonds is 3. The molecule has 0 spiro atoms. The van der Waals surface area contributed by atoms with Crippen molar-refractivity contribution in [2.24, 2.45) is 0 Å². The number of hydrogen-bond donors (Lipinski definition) is 1. The Morgan fingerprint density at radius 3 is 2.58 bits per heavy atom. The molecule has 0 aromatic heterocycles. The van der Waals surface area contributed by atoms with Crippen molar-refractivity contribution in [3.63, 3.8) is 0 Å². The van der Waals surface area contributed by atoms with Crippen LogP contribution >= 0.6 is 11.8 Å². The summed E-state index contributed by atoms with van der Waals surface area (Å²) in [4.78, 5) is 25.8. The summed E-state index contributed by atoms with van der Waals surface area (Å²) >= 11 is 1.60. The van der Waals surface area contributed by atoms with E-state index in [2.05, 4.69) is 5.32 Å². The minimum Gasteiger partial charge on any atom is -0.350 e. The van der Waals surface area contributed by atoms with Crippen LogP contribution in [-0.2, 0) is 9.59 Å². The summed E-state index contributed by atoms with van der Waals surface area (Å²) in [6.45, 7) is 7.70. The first kappa shape index (κ1) is 15.8. The molecule has 1 saturated heterocycles. The van der Waals surface area contributed by atoms with Crippen LogP contribution in [0.4, 0.5) is 0 Å². The molecule has 0 aromatic rings. The first-order valence-corrected chi connectivity index (χ1v) is 7.50. The Balaban J connectivity index is 2.68. The van der Waals surface area contributed by atoms with Gasteiger partial charge in [-0.05, 0) is 27.7 Å². The van der Waals surface area contributed by atoms with Crippen LogP contribution in [0.25, 0.3) is 0 Å². The molecule has 1 atom stereocenters. The van der Waals surface area contributed by atoms with Crippen molar-refractivity contribution in [3.05, 3.63) is 24.3 Å². The van der Waals surface area contributed by atoms with Crippen molar-refractivity contribution >= 4 is 23.6 Å². The Morgan fingerprint density at radius 1 is 1.32 bits per heavy atom. The van der Waals surface area contributed by atoms with E-state index in [1.165, 1.54) is 6.08 Å². The Bertz CT molecular complexity index is 397. The van der Waals surface area contributed by atoms with Gasteiger partial charge in [0.05, 0.1) is 5.88 Å². The van der Waals surface area contributed by atoms with E-state index in [-0.39, 0.29) is 23.4 Å². The first-order valence-electron chi connectivity index (χ1n) is 6.35. The summed E-state index contributed by atoms with van der Waals surface area (Å²) in [5.74, 6) is 1.04. The number of carbonyl (C=O) groups is 2. The molecular formula is C14H22N2O2S. The smallest absolute Gasteiger partial charge is 0.247 e. The van der Waals surface area contributed by atoms with Crippen LogP contribution in [0.15, 0.2) is 24.3 Å². The van der Waals surface area contributed by atoms with Crippen LogP contribution in [0.3, 0.4) is 0 Å². The van der Waals surface area contributed by atoms with Crippen LogP contribution in [0, 0.1) is 0 Å². The van der Waals surface area contributed by atoms with Gasteiger partial charge < -0.3 is 10.2 Å². The minimum atomic E-state index is -0.369. The standard InChI is InChI=1S/C14H22N2O2S/c1-5-6-7-8-12(17)16-10-19-9-11(16)13(18)15-14(2,3)4/h5-8,11H,9-10H2,1-4H3,(H,15,18)/b6-5+,8-7-/t11-/m1/s1. The largest absolute Gasteiger partial charge is 0.350 e. The van der Waals surface area contributed by atoms with Gasteiger partial charge in [0, 0.05) is 17.4 Å². The number of hydrogen-bond acceptors (Lipinski definition) is 3. The number of nitrogens with one attached hydrogen (secondary N) is 1. The maximum Gasteiger partial charge on any atom is 0.247 e. The highest BCUT2D eigenvalue weighted by Crippen LogP contribution is 2.22. The van der Waals surface area contributed by atoms with Gasteiger partial charge in [-0.3, -0.25) is 9.59 Å². The lowest BCUT2D eigenvalue weighted by Gasteiger charge is -2.27. The van der Waals surface area contributed by atoms with Crippen molar-refractivity contribution in [2.75, 3.05) is 11.6 Å². The summed E-state index contributed by atoms with van der Waals surface area (Å²) in [6.07, 6.45) is 6.85. The topological polar surface area (TPSA) is 49.4 Å². The summed E-state index contributed by atoms with van der Waals surface area (Å²) < 4.78 is 0. The molecule has 1 aliphatic rings. The van der Waals surface area contributed by atoms with Gasteiger partial charge in [-0.15, -0.1) is 11.8 Å². The third-order valence-corrected chi connectivity index (χ3v) is 3.52. The van der Waals surface area contributed by atoms with E-state index >= 15 is 0 Å². The van der Waals surface area contributed by atoms with Gasteiger partial charge in [-0.1, -0.05) is 18.2 Å². The second-order valence-electron chi connectivity index (χ2n) is 5.45. The van der Waals surface area contributed by atoms with Gasteiger partial charge >= 0.3 is 0 Å². The van der Waals surface area contributed by atoms with E-state index in [0.717, 1.165) is 0 Å². The van der Waals surface area contributed by atoms with E-state index in [4.69, 9.17) is 0 Å². The van der Waals surface area contributed by atoms with Crippen molar-refractivity contribution in [2.45, 2.75) is 39.3 Å². The summed E-state index contributed by atoms with van der Waals surface area (Å²) in [5, 5.41) is 2.93. The van der Waals surface area contributed by atoms with Crippen LogP contribution in [0.1, 0.15) is 27.7 Å². The normalized spacial score (nSPS) is 20.4. The van der Waals surface area contributed by atoms with Crippen molar-refractivity contribution in [1.82, 2.24) is 10.2 Å². The maximum atomic E-state index is 12.1. The van der Waals surface area contributed by atoms with Crippen LogP contribution in [0.5, 0.6) is 0 Å². The fourth-order valence-corrected chi connectivity index (χ4v) is 2.84. The first-order chi connectivity index (χ1) is 8.85. The average molecular weight is 282 g/mol. The molecule has 0 radical (unpaired) electrons. The Kier molecular flexibility index (Phi) is 5.66. The summed E-state index contributed by atoms with van der Waals surface area (Å²) in [6, 6.07) is -0.369. The lowest BCUT2D eigenvalue weighted by Crippen LogP contribution is -2.52. The number of carbonyl (C=O) groups excluding carboxylic acids is 2. The molecule has 1 heterocycles. The Hall–Kier alpha value is -1.23. The van der Waals surface area contributed by atoms with E-state index in [1.807, 2.05) is 33.8 Å². The summed E-state index contributed by atoms with van der Waals surface area (Å²) in [7, 11) is 0. The molecule has 1 aliphatic heterocycles. The molecule has 0 bridgehead atoms.